The topological polar surface area (TPSA) is 66.5 Å². The molecule has 0 radical (unpaired) electrons. The number of alkyl halides is 1. The van der Waals surface area contributed by atoms with Crippen LogP contribution in [-0.4, -0.2) is 37.6 Å². The van der Waals surface area contributed by atoms with Crippen molar-refractivity contribution in [3.63, 3.8) is 0 Å². The minimum Gasteiger partial charge on any atom is -0.325 e. The molecule has 0 unspecified atom stereocenters. The lowest BCUT2D eigenvalue weighted by Crippen LogP contribution is -2.30. The molecule has 0 aliphatic rings. The second kappa shape index (κ2) is 7.98. The van der Waals surface area contributed by atoms with Crippen molar-refractivity contribution in [3.05, 3.63) is 23.2 Å². The first-order chi connectivity index (χ1) is 9.86. The third kappa shape index (κ3) is 4.57. The molecule has 0 saturated carbocycles. The van der Waals surface area contributed by atoms with E-state index < -0.39 is 10.0 Å². The molecule has 0 aromatic heterocycles. The highest BCUT2D eigenvalue weighted by molar-refractivity contribution is 7.89. The molecule has 8 heteroatoms. The SMILES string of the molecule is CCN(CC)S(=O)(=O)c1ccc(Cl)c(NC(=O)CCCl)c1. The molecule has 1 aromatic rings. The van der Waals surface area contributed by atoms with Gasteiger partial charge in [-0.15, -0.1) is 11.6 Å². The van der Waals surface area contributed by atoms with Crippen LogP contribution in [0, 0.1) is 0 Å². The third-order valence-electron chi connectivity index (χ3n) is 2.88. The van der Waals surface area contributed by atoms with E-state index in [1.807, 2.05) is 0 Å². The van der Waals surface area contributed by atoms with Crippen molar-refractivity contribution < 1.29 is 13.2 Å². The van der Waals surface area contributed by atoms with Crippen LogP contribution in [0.4, 0.5) is 5.69 Å². The van der Waals surface area contributed by atoms with Crippen molar-refractivity contribution in [2.75, 3.05) is 24.3 Å². The number of nitrogens with one attached hydrogen (secondary N) is 1. The highest BCUT2D eigenvalue weighted by Gasteiger charge is 2.22. The summed E-state index contributed by atoms with van der Waals surface area (Å²) in [6.07, 6.45) is 0.130. The van der Waals surface area contributed by atoms with E-state index in [2.05, 4.69) is 5.32 Å². The molecule has 0 bridgehead atoms. The zero-order valence-corrected chi connectivity index (χ0v) is 14.2. The normalized spacial score (nSPS) is 11.7. The van der Waals surface area contributed by atoms with E-state index in [-0.39, 0.29) is 33.8 Å². The summed E-state index contributed by atoms with van der Waals surface area (Å²) in [5, 5.41) is 2.83. The van der Waals surface area contributed by atoms with Gasteiger partial charge in [-0.05, 0) is 18.2 Å². The van der Waals surface area contributed by atoms with Gasteiger partial charge in [0.25, 0.3) is 0 Å². The number of amides is 1. The van der Waals surface area contributed by atoms with E-state index in [0.29, 0.717) is 13.1 Å². The number of hydrogen-bond acceptors (Lipinski definition) is 3. The Morgan fingerprint density at radius 1 is 1.29 bits per heavy atom. The fourth-order valence-electron chi connectivity index (χ4n) is 1.77. The summed E-state index contributed by atoms with van der Waals surface area (Å²) in [7, 11) is -3.59. The molecule has 5 nitrogen and oxygen atoms in total. The molecule has 0 spiro atoms. The summed E-state index contributed by atoms with van der Waals surface area (Å²) < 4.78 is 26.2. The minimum atomic E-state index is -3.59. The molecule has 118 valence electrons. The molecule has 1 amide bonds. The number of halogens is 2. The van der Waals surface area contributed by atoms with Crippen molar-refractivity contribution >= 4 is 44.8 Å². The predicted octanol–water partition coefficient (Wildman–Crippen LogP) is 2.94. The summed E-state index contributed by atoms with van der Waals surface area (Å²) >= 11 is 11.5. The van der Waals surface area contributed by atoms with Gasteiger partial charge in [-0.2, -0.15) is 4.31 Å². The lowest BCUT2D eigenvalue weighted by atomic mass is 10.3. The summed E-state index contributed by atoms with van der Waals surface area (Å²) in [4.78, 5) is 11.7. The number of sulfonamides is 1. The highest BCUT2D eigenvalue weighted by Crippen LogP contribution is 2.27. The predicted molar refractivity (Wildman–Crippen MR) is 85.5 cm³/mol. The van der Waals surface area contributed by atoms with Crippen LogP contribution < -0.4 is 5.32 Å². The largest absolute Gasteiger partial charge is 0.325 e. The average Bonchev–Trinajstić information content (AvgIpc) is 2.42. The van der Waals surface area contributed by atoms with Crippen LogP contribution in [0.1, 0.15) is 20.3 Å². The monoisotopic (exact) mass is 352 g/mol. The fraction of sp³-hybridized carbons (Fsp3) is 0.462. The lowest BCUT2D eigenvalue weighted by Gasteiger charge is -2.19. The van der Waals surface area contributed by atoms with Gasteiger partial charge in [0.05, 0.1) is 15.6 Å². The average molecular weight is 353 g/mol. The van der Waals surface area contributed by atoms with Gasteiger partial charge in [-0.25, -0.2) is 8.42 Å². The molecule has 21 heavy (non-hydrogen) atoms. The number of nitrogens with zero attached hydrogens (tertiary/aromatic N) is 1. The van der Waals surface area contributed by atoms with Gasteiger partial charge >= 0.3 is 0 Å². The molecule has 0 heterocycles. The Bertz CT molecular complexity index is 601. The molecule has 0 aliphatic carbocycles. The van der Waals surface area contributed by atoms with Gasteiger partial charge in [-0.3, -0.25) is 4.79 Å². The van der Waals surface area contributed by atoms with Gasteiger partial charge in [-0.1, -0.05) is 25.4 Å². The Hall–Kier alpha value is -0.820. The number of carbonyl (C=O) groups is 1. The molecule has 1 rings (SSSR count). The molecule has 0 fully saturated rings. The van der Waals surface area contributed by atoms with Gasteiger partial charge in [0, 0.05) is 25.4 Å². The first kappa shape index (κ1) is 18.2. The van der Waals surface area contributed by atoms with Gasteiger partial charge in [0.1, 0.15) is 0 Å². The second-order valence-corrected chi connectivity index (χ2v) is 6.94. The van der Waals surface area contributed by atoms with E-state index in [1.54, 1.807) is 13.8 Å². The maximum atomic E-state index is 12.4. The Morgan fingerprint density at radius 3 is 2.43 bits per heavy atom. The lowest BCUT2D eigenvalue weighted by molar-refractivity contribution is -0.115. The first-order valence-electron chi connectivity index (χ1n) is 6.52. The molecular weight excluding hydrogens is 335 g/mol. The Kier molecular flexibility index (Phi) is 6.93. The van der Waals surface area contributed by atoms with Gasteiger partial charge in [0.2, 0.25) is 15.9 Å². The maximum Gasteiger partial charge on any atom is 0.243 e. The smallest absolute Gasteiger partial charge is 0.243 e. The minimum absolute atomic E-state index is 0.0942. The zero-order chi connectivity index (χ0) is 16.0. The first-order valence-corrected chi connectivity index (χ1v) is 8.87. The van der Waals surface area contributed by atoms with Crippen LogP contribution in [0.15, 0.2) is 23.1 Å². The number of rotatable bonds is 7. The van der Waals surface area contributed by atoms with Crippen molar-refractivity contribution in [2.45, 2.75) is 25.2 Å². The molecule has 1 aromatic carbocycles. The summed E-state index contributed by atoms with van der Waals surface area (Å²) in [6.45, 7) is 4.27. The van der Waals surface area contributed by atoms with E-state index in [0.717, 1.165) is 0 Å². The molecule has 0 saturated heterocycles. The molecular formula is C13H18Cl2N2O3S. The molecule has 1 N–H and O–H groups in total. The van der Waals surface area contributed by atoms with Crippen LogP contribution >= 0.6 is 23.2 Å². The summed E-state index contributed by atoms with van der Waals surface area (Å²) in [5.74, 6) is -0.134. The quantitative estimate of drug-likeness (QED) is 0.767. The van der Waals surface area contributed by atoms with Crippen LogP contribution in [-0.2, 0) is 14.8 Å². The number of carbonyl (C=O) groups excluding carboxylic acids is 1. The van der Waals surface area contributed by atoms with Crippen molar-refractivity contribution in [1.29, 1.82) is 0 Å². The molecule has 0 atom stereocenters. The summed E-state index contributed by atoms with van der Waals surface area (Å²) in [5.41, 5.74) is 0.264. The Morgan fingerprint density at radius 2 is 1.90 bits per heavy atom. The van der Waals surface area contributed by atoms with Gasteiger partial charge < -0.3 is 5.32 Å². The van der Waals surface area contributed by atoms with E-state index in [4.69, 9.17) is 23.2 Å². The Balaban J connectivity index is 3.14. The van der Waals surface area contributed by atoms with Crippen LogP contribution in [0.3, 0.4) is 0 Å². The van der Waals surface area contributed by atoms with Gasteiger partial charge in [0.15, 0.2) is 0 Å². The van der Waals surface area contributed by atoms with Crippen LogP contribution in [0.2, 0.25) is 5.02 Å². The number of anilines is 1. The van der Waals surface area contributed by atoms with E-state index >= 15 is 0 Å². The van der Waals surface area contributed by atoms with E-state index in [1.165, 1.54) is 22.5 Å². The van der Waals surface area contributed by atoms with Crippen LogP contribution in [0.5, 0.6) is 0 Å². The fourth-order valence-corrected chi connectivity index (χ4v) is 3.59. The highest BCUT2D eigenvalue weighted by atomic mass is 35.5. The second-order valence-electron chi connectivity index (χ2n) is 4.22. The Labute approximate surface area is 135 Å². The van der Waals surface area contributed by atoms with Crippen LogP contribution in [0.25, 0.3) is 0 Å². The zero-order valence-electron chi connectivity index (χ0n) is 11.9. The maximum absolute atomic E-state index is 12.4. The van der Waals surface area contributed by atoms with Crippen molar-refractivity contribution in [3.8, 4) is 0 Å². The standard InChI is InChI=1S/C13H18Cl2N2O3S/c1-3-17(4-2)21(19,20)10-5-6-11(15)12(9-10)16-13(18)7-8-14/h5-6,9H,3-4,7-8H2,1-2H3,(H,16,18). The van der Waals surface area contributed by atoms with E-state index in [9.17, 15) is 13.2 Å². The number of benzene rings is 1. The summed E-state index contributed by atoms with van der Waals surface area (Å²) in [6, 6.07) is 4.24. The molecule has 0 aliphatic heterocycles. The van der Waals surface area contributed by atoms with Crippen molar-refractivity contribution in [2.24, 2.45) is 0 Å². The number of hydrogen-bond donors (Lipinski definition) is 1. The third-order valence-corrected chi connectivity index (χ3v) is 5.44. The van der Waals surface area contributed by atoms with Crippen molar-refractivity contribution in [1.82, 2.24) is 4.31 Å².